The van der Waals surface area contributed by atoms with Crippen LogP contribution in [0, 0.1) is 0 Å². The highest BCUT2D eigenvalue weighted by molar-refractivity contribution is 6.04. The van der Waals surface area contributed by atoms with Crippen LogP contribution >= 0.6 is 0 Å². The second kappa shape index (κ2) is 7.84. The van der Waals surface area contributed by atoms with Crippen molar-refractivity contribution in [3.63, 3.8) is 0 Å². The average molecular weight is 377 g/mol. The van der Waals surface area contributed by atoms with Gasteiger partial charge < -0.3 is 10.2 Å². The average Bonchev–Trinajstić information content (AvgIpc) is 3.34. The lowest BCUT2D eigenvalue weighted by atomic mass is 10.1. The SMILES string of the molecule is O=C(c1ccc(CN2C(=O)NC(Cc3ccccc3)C2=O)cc1)N1CCCC1. The van der Waals surface area contributed by atoms with E-state index in [1.54, 1.807) is 12.1 Å². The molecule has 28 heavy (non-hydrogen) atoms. The molecule has 1 atom stereocenters. The second-order valence-corrected chi connectivity index (χ2v) is 7.31. The molecule has 2 saturated heterocycles. The summed E-state index contributed by atoms with van der Waals surface area (Å²) in [6, 6.07) is 15.9. The molecule has 2 aliphatic rings. The molecule has 0 saturated carbocycles. The van der Waals surface area contributed by atoms with E-state index in [-0.39, 0.29) is 24.4 Å². The van der Waals surface area contributed by atoms with Crippen molar-refractivity contribution >= 4 is 17.8 Å². The van der Waals surface area contributed by atoms with Crippen LogP contribution in [0.2, 0.25) is 0 Å². The van der Waals surface area contributed by atoms with Crippen LogP contribution in [0.1, 0.15) is 34.3 Å². The maximum atomic E-state index is 12.7. The van der Waals surface area contributed by atoms with Gasteiger partial charge in [-0.3, -0.25) is 14.5 Å². The number of rotatable bonds is 5. The molecule has 144 valence electrons. The van der Waals surface area contributed by atoms with E-state index in [1.165, 1.54) is 4.90 Å². The van der Waals surface area contributed by atoms with Crippen molar-refractivity contribution in [2.45, 2.75) is 31.8 Å². The molecular weight excluding hydrogens is 354 g/mol. The lowest BCUT2D eigenvalue weighted by Crippen LogP contribution is -2.32. The van der Waals surface area contributed by atoms with Gasteiger partial charge in [0, 0.05) is 25.1 Å². The number of hydrogen-bond acceptors (Lipinski definition) is 3. The van der Waals surface area contributed by atoms with E-state index in [0.717, 1.165) is 37.1 Å². The molecule has 4 rings (SSSR count). The molecule has 1 N–H and O–H groups in total. The molecule has 6 nitrogen and oxygen atoms in total. The Hall–Kier alpha value is -3.15. The first-order chi connectivity index (χ1) is 13.6. The van der Waals surface area contributed by atoms with Crippen molar-refractivity contribution < 1.29 is 14.4 Å². The largest absolute Gasteiger partial charge is 0.339 e. The minimum atomic E-state index is -0.536. The van der Waals surface area contributed by atoms with E-state index < -0.39 is 6.04 Å². The number of benzene rings is 2. The third kappa shape index (κ3) is 3.76. The third-order valence-electron chi connectivity index (χ3n) is 5.32. The first-order valence-electron chi connectivity index (χ1n) is 9.66. The Labute approximate surface area is 164 Å². The van der Waals surface area contributed by atoms with Crippen LogP contribution in [-0.2, 0) is 17.8 Å². The Morgan fingerprint density at radius 1 is 0.929 bits per heavy atom. The minimum absolute atomic E-state index is 0.0435. The van der Waals surface area contributed by atoms with E-state index in [1.807, 2.05) is 47.4 Å². The van der Waals surface area contributed by atoms with Crippen LogP contribution in [0.15, 0.2) is 54.6 Å². The maximum absolute atomic E-state index is 12.7. The number of hydrogen-bond donors (Lipinski definition) is 1. The monoisotopic (exact) mass is 377 g/mol. The summed E-state index contributed by atoms with van der Waals surface area (Å²) < 4.78 is 0. The van der Waals surface area contributed by atoms with Gasteiger partial charge in [0.1, 0.15) is 6.04 Å². The van der Waals surface area contributed by atoms with Gasteiger partial charge in [0.15, 0.2) is 0 Å². The van der Waals surface area contributed by atoms with Gasteiger partial charge in [-0.2, -0.15) is 0 Å². The van der Waals surface area contributed by atoms with Crippen LogP contribution in [-0.4, -0.2) is 46.8 Å². The lowest BCUT2D eigenvalue weighted by molar-refractivity contribution is -0.127. The summed E-state index contributed by atoms with van der Waals surface area (Å²) in [4.78, 5) is 40.5. The molecular formula is C22H23N3O3. The zero-order chi connectivity index (χ0) is 19.5. The first kappa shape index (κ1) is 18.2. The predicted octanol–water partition coefficient (Wildman–Crippen LogP) is 2.59. The van der Waals surface area contributed by atoms with Crippen molar-refractivity contribution in [1.82, 2.24) is 15.1 Å². The summed E-state index contributed by atoms with van der Waals surface area (Å²) in [7, 11) is 0. The molecule has 0 aromatic heterocycles. The zero-order valence-electron chi connectivity index (χ0n) is 15.6. The summed E-state index contributed by atoms with van der Waals surface area (Å²) in [5.41, 5.74) is 2.47. The van der Waals surface area contributed by atoms with Gasteiger partial charge in [-0.15, -0.1) is 0 Å². The molecule has 0 radical (unpaired) electrons. The van der Waals surface area contributed by atoms with Crippen molar-refractivity contribution in [3.05, 3.63) is 71.3 Å². The van der Waals surface area contributed by atoms with Crippen LogP contribution in [0.25, 0.3) is 0 Å². The van der Waals surface area contributed by atoms with Crippen molar-refractivity contribution in [1.29, 1.82) is 0 Å². The molecule has 6 heteroatoms. The van der Waals surface area contributed by atoms with E-state index in [4.69, 9.17) is 0 Å². The number of carbonyl (C=O) groups is 3. The Morgan fingerprint density at radius 2 is 1.61 bits per heavy atom. The highest BCUT2D eigenvalue weighted by Crippen LogP contribution is 2.17. The molecule has 2 aromatic carbocycles. The number of carbonyl (C=O) groups excluding carboxylic acids is 3. The van der Waals surface area contributed by atoms with Crippen LogP contribution in [0.3, 0.4) is 0 Å². The van der Waals surface area contributed by atoms with Gasteiger partial charge in [0.2, 0.25) is 0 Å². The molecule has 0 aliphatic carbocycles. The maximum Gasteiger partial charge on any atom is 0.325 e. The number of imide groups is 1. The van der Waals surface area contributed by atoms with Crippen molar-refractivity contribution in [2.75, 3.05) is 13.1 Å². The Balaban J connectivity index is 1.40. The Bertz CT molecular complexity index is 874. The molecule has 1 unspecified atom stereocenters. The lowest BCUT2D eigenvalue weighted by Gasteiger charge is -2.16. The summed E-state index contributed by atoms with van der Waals surface area (Å²) in [6.45, 7) is 1.83. The van der Waals surface area contributed by atoms with Crippen LogP contribution < -0.4 is 5.32 Å². The molecule has 4 amide bonds. The molecule has 2 aliphatic heterocycles. The van der Waals surface area contributed by atoms with Crippen molar-refractivity contribution in [2.24, 2.45) is 0 Å². The Morgan fingerprint density at radius 3 is 2.29 bits per heavy atom. The molecule has 0 bridgehead atoms. The highest BCUT2D eigenvalue weighted by atomic mass is 16.2. The molecule has 2 aromatic rings. The highest BCUT2D eigenvalue weighted by Gasteiger charge is 2.37. The number of urea groups is 1. The standard InChI is InChI=1S/C22H23N3O3/c26-20(24-12-4-5-13-24)18-10-8-17(9-11-18)15-25-21(27)19(23-22(25)28)14-16-6-2-1-3-7-16/h1-3,6-11,19H,4-5,12-15H2,(H,23,28). The van der Waals surface area contributed by atoms with Gasteiger partial charge in [0.25, 0.3) is 11.8 Å². The van der Waals surface area contributed by atoms with E-state index >= 15 is 0 Å². The van der Waals surface area contributed by atoms with Crippen LogP contribution in [0.4, 0.5) is 4.79 Å². The zero-order valence-corrected chi connectivity index (χ0v) is 15.6. The van der Waals surface area contributed by atoms with E-state index in [0.29, 0.717) is 12.0 Å². The van der Waals surface area contributed by atoms with Crippen molar-refractivity contribution in [3.8, 4) is 0 Å². The smallest absolute Gasteiger partial charge is 0.325 e. The number of amides is 4. The predicted molar refractivity (Wildman–Crippen MR) is 105 cm³/mol. The fraction of sp³-hybridized carbons (Fsp3) is 0.318. The topological polar surface area (TPSA) is 69.7 Å². The number of nitrogens with zero attached hydrogens (tertiary/aromatic N) is 2. The Kier molecular flexibility index (Phi) is 5.10. The molecule has 0 spiro atoms. The van der Waals surface area contributed by atoms with Gasteiger partial charge in [-0.05, 0) is 36.1 Å². The number of likely N-dealkylation sites (tertiary alicyclic amines) is 1. The van der Waals surface area contributed by atoms with Gasteiger partial charge in [0.05, 0.1) is 6.54 Å². The van der Waals surface area contributed by atoms with Gasteiger partial charge in [-0.25, -0.2) is 4.79 Å². The summed E-state index contributed by atoms with van der Waals surface area (Å²) in [6.07, 6.45) is 2.59. The second-order valence-electron chi connectivity index (χ2n) is 7.31. The fourth-order valence-electron chi connectivity index (χ4n) is 3.75. The quantitative estimate of drug-likeness (QED) is 0.815. The minimum Gasteiger partial charge on any atom is -0.339 e. The number of nitrogens with one attached hydrogen (secondary N) is 1. The normalized spacial score (nSPS) is 19.2. The van der Waals surface area contributed by atoms with Crippen LogP contribution in [0.5, 0.6) is 0 Å². The van der Waals surface area contributed by atoms with E-state index in [9.17, 15) is 14.4 Å². The van der Waals surface area contributed by atoms with Gasteiger partial charge >= 0.3 is 6.03 Å². The van der Waals surface area contributed by atoms with E-state index in [2.05, 4.69) is 5.32 Å². The molecule has 2 heterocycles. The molecule has 2 fully saturated rings. The summed E-state index contributed by atoms with van der Waals surface area (Å²) in [5.74, 6) is -0.173. The third-order valence-corrected chi connectivity index (χ3v) is 5.32. The fourth-order valence-corrected chi connectivity index (χ4v) is 3.75. The summed E-state index contributed by atoms with van der Waals surface area (Å²) >= 11 is 0. The van der Waals surface area contributed by atoms with Gasteiger partial charge in [-0.1, -0.05) is 42.5 Å². The first-order valence-corrected chi connectivity index (χ1v) is 9.66. The summed E-state index contributed by atoms with van der Waals surface area (Å²) in [5, 5.41) is 2.77.